The lowest BCUT2D eigenvalue weighted by molar-refractivity contribution is -0.113. The van der Waals surface area contributed by atoms with E-state index in [1.165, 1.54) is 18.7 Å². The first-order valence-corrected chi connectivity index (χ1v) is 9.60. The second kappa shape index (κ2) is 8.64. The number of rotatable bonds is 7. The molecule has 0 saturated heterocycles. The lowest BCUT2D eigenvalue weighted by atomic mass is 10.1. The van der Waals surface area contributed by atoms with Crippen LogP contribution in [-0.2, 0) is 11.2 Å². The molecule has 138 valence electrons. The Bertz CT molecular complexity index is 936. The lowest BCUT2D eigenvalue weighted by Gasteiger charge is -2.09. The Labute approximate surface area is 162 Å². The predicted octanol–water partition coefficient (Wildman–Crippen LogP) is 3.76. The van der Waals surface area contributed by atoms with Gasteiger partial charge in [0, 0.05) is 23.4 Å². The molecule has 0 atom stereocenters. The fourth-order valence-corrected chi connectivity index (χ4v) is 3.35. The third-order valence-corrected chi connectivity index (χ3v) is 4.87. The normalized spacial score (nSPS) is 10.6. The van der Waals surface area contributed by atoms with Crippen LogP contribution in [0, 0.1) is 0 Å². The number of anilines is 1. The van der Waals surface area contributed by atoms with Gasteiger partial charge in [-0.1, -0.05) is 36.9 Å². The number of nitrogens with one attached hydrogen (secondary N) is 1. The molecular formula is C20H20N4O2S. The van der Waals surface area contributed by atoms with Crippen LogP contribution in [0.2, 0.25) is 0 Å². The Balaban J connectivity index is 1.67. The average Bonchev–Trinajstić information content (AvgIpc) is 3.10. The zero-order valence-electron chi connectivity index (χ0n) is 15.2. The van der Waals surface area contributed by atoms with Gasteiger partial charge in [-0.15, -0.1) is 10.2 Å². The molecule has 0 saturated carbocycles. The summed E-state index contributed by atoms with van der Waals surface area (Å²) in [5.41, 5.74) is 2.25. The predicted molar refractivity (Wildman–Crippen MR) is 107 cm³/mol. The van der Waals surface area contributed by atoms with Crippen molar-refractivity contribution < 1.29 is 9.59 Å². The molecule has 27 heavy (non-hydrogen) atoms. The molecule has 2 aromatic carbocycles. The number of carbonyl (C=O) groups excluding carboxylic acids is 2. The van der Waals surface area contributed by atoms with Crippen LogP contribution in [0.25, 0.3) is 5.69 Å². The quantitative estimate of drug-likeness (QED) is 0.499. The number of hydrogen-bond acceptors (Lipinski definition) is 5. The van der Waals surface area contributed by atoms with Crippen molar-refractivity contribution in [3.05, 3.63) is 66.0 Å². The molecule has 1 heterocycles. The van der Waals surface area contributed by atoms with Crippen LogP contribution < -0.4 is 5.32 Å². The second-order valence-electron chi connectivity index (χ2n) is 5.89. The molecule has 0 unspecified atom stereocenters. The van der Waals surface area contributed by atoms with Gasteiger partial charge in [0.15, 0.2) is 10.9 Å². The van der Waals surface area contributed by atoms with Gasteiger partial charge < -0.3 is 5.32 Å². The van der Waals surface area contributed by atoms with Gasteiger partial charge >= 0.3 is 0 Å². The number of para-hydroxylation sites is 1. The van der Waals surface area contributed by atoms with Crippen LogP contribution in [0.1, 0.15) is 30.0 Å². The Kier molecular flexibility index (Phi) is 6.03. The number of Topliss-reactive ketones (excluding diaryl/α,β-unsaturated/α-hetero) is 1. The Hall–Kier alpha value is -2.93. The van der Waals surface area contributed by atoms with Crippen LogP contribution in [0.3, 0.4) is 0 Å². The average molecular weight is 380 g/mol. The van der Waals surface area contributed by atoms with Gasteiger partial charge in [0.1, 0.15) is 5.82 Å². The number of aromatic nitrogens is 3. The minimum atomic E-state index is -0.142. The number of carbonyl (C=O) groups is 2. The van der Waals surface area contributed by atoms with E-state index < -0.39 is 0 Å². The number of benzene rings is 2. The standard InChI is InChI=1S/C20H20N4O2S/c1-3-18-22-23-20(24(18)17-7-5-4-6-8-17)27-13-19(26)21-16-11-9-15(10-12-16)14(2)25/h4-12H,3,13H2,1-2H3,(H,21,26). The van der Waals surface area contributed by atoms with Gasteiger partial charge in [0.05, 0.1) is 5.75 Å². The third kappa shape index (κ3) is 4.62. The van der Waals surface area contributed by atoms with E-state index >= 15 is 0 Å². The Morgan fingerprint density at radius 3 is 2.37 bits per heavy atom. The first kappa shape index (κ1) is 18.8. The highest BCUT2D eigenvalue weighted by Crippen LogP contribution is 2.22. The van der Waals surface area contributed by atoms with Crippen molar-refractivity contribution in [2.75, 3.05) is 11.1 Å². The molecule has 0 radical (unpaired) electrons. The monoisotopic (exact) mass is 380 g/mol. The van der Waals surface area contributed by atoms with Crippen molar-refractivity contribution in [2.24, 2.45) is 0 Å². The molecule has 0 aliphatic rings. The van der Waals surface area contributed by atoms with Crippen LogP contribution in [0.4, 0.5) is 5.69 Å². The summed E-state index contributed by atoms with van der Waals surface area (Å²) in [5.74, 6) is 0.916. The SMILES string of the molecule is CCc1nnc(SCC(=O)Nc2ccc(C(C)=O)cc2)n1-c1ccccc1. The van der Waals surface area contributed by atoms with Crippen molar-refractivity contribution in [2.45, 2.75) is 25.4 Å². The van der Waals surface area contributed by atoms with Gasteiger partial charge in [-0.25, -0.2) is 0 Å². The van der Waals surface area contributed by atoms with E-state index in [-0.39, 0.29) is 17.4 Å². The minimum absolute atomic E-state index is 0.00425. The summed E-state index contributed by atoms with van der Waals surface area (Å²) in [6.07, 6.45) is 0.747. The lowest BCUT2D eigenvalue weighted by Crippen LogP contribution is -2.14. The fraction of sp³-hybridized carbons (Fsp3) is 0.200. The summed E-state index contributed by atoms with van der Waals surface area (Å²) in [7, 11) is 0. The zero-order chi connectivity index (χ0) is 19.2. The highest BCUT2D eigenvalue weighted by Gasteiger charge is 2.14. The Morgan fingerprint density at radius 1 is 1.04 bits per heavy atom. The highest BCUT2D eigenvalue weighted by atomic mass is 32.2. The molecule has 0 aliphatic heterocycles. The number of aryl methyl sites for hydroxylation is 1. The summed E-state index contributed by atoms with van der Waals surface area (Å²) in [4.78, 5) is 23.6. The topological polar surface area (TPSA) is 76.9 Å². The van der Waals surface area contributed by atoms with Crippen molar-refractivity contribution >= 4 is 29.1 Å². The van der Waals surface area contributed by atoms with E-state index in [4.69, 9.17) is 0 Å². The van der Waals surface area contributed by atoms with E-state index in [0.717, 1.165) is 17.9 Å². The maximum absolute atomic E-state index is 12.3. The molecule has 7 heteroatoms. The first-order valence-electron chi connectivity index (χ1n) is 8.62. The summed E-state index contributed by atoms with van der Waals surface area (Å²) in [6, 6.07) is 16.7. The van der Waals surface area contributed by atoms with Crippen molar-refractivity contribution in [1.29, 1.82) is 0 Å². The van der Waals surface area contributed by atoms with Crippen molar-refractivity contribution in [3.63, 3.8) is 0 Å². The molecule has 0 spiro atoms. The van der Waals surface area contributed by atoms with Crippen LogP contribution in [0.15, 0.2) is 59.8 Å². The molecule has 3 aromatic rings. The zero-order valence-corrected chi connectivity index (χ0v) is 16.0. The largest absolute Gasteiger partial charge is 0.325 e. The van der Waals surface area contributed by atoms with Gasteiger partial charge in [-0.2, -0.15) is 0 Å². The molecule has 1 amide bonds. The molecule has 1 aromatic heterocycles. The molecular weight excluding hydrogens is 360 g/mol. The van der Waals surface area contributed by atoms with Crippen LogP contribution >= 0.6 is 11.8 Å². The number of amides is 1. The minimum Gasteiger partial charge on any atom is -0.325 e. The van der Waals surface area contributed by atoms with Crippen molar-refractivity contribution in [3.8, 4) is 5.69 Å². The third-order valence-electron chi connectivity index (χ3n) is 3.94. The maximum Gasteiger partial charge on any atom is 0.234 e. The molecule has 0 bridgehead atoms. The number of thioether (sulfide) groups is 1. The first-order chi connectivity index (χ1) is 13.1. The van der Waals surface area contributed by atoms with Crippen molar-refractivity contribution in [1.82, 2.24) is 14.8 Å². The van der Waals surface area contributed by atoms with Gasteiger partial charge in [0.2, 0.25) is 5.91 Å². The fourth-order valence-electron chi connectivity index (χ4n) is 2.57. The summed E-state index contributed by atoms with van der Waals surface area (Å²) in [5, 5.41) is 12.0. The maximum atomic E-state index is 12.3. The van der Waals surface area contributed by atoms with E-state index in [9.17, 15) is 9.59 Å². The van der Waals surface area contributed by atoms with E-state index in [1.54, 1.807) is 24.3 Å². The van der Waals surface area contributed by atoms with Crippen LogP contribution in [-0.4, -0.2) is 32.2 Å². The van der Waals surface area contributed by atoms with Crippen LogP contribution in [0.5, 0.6) is 0 Å². The van der Waals surface area contributed by atoms with E-state index in [1.807, 2.05) is 41.8 Å². The number of hydrogen-bond donors (Lipinski definition) is 1. The molecule has 6 nitrogen and oxygen atoms in total. The highest BCUT2D eigenvalue weighted by molar-refractivity contribution is 7.99. The van der Waals surface area contributed by atoms with Gasteiger partial charge in [-0.3, -0.25) is 14.2 Å². The summed E-state index contributed by atoms with van der Waals surface area (Å²) < 4.78 is 1.97. The molecule has 1 N–H and O–H groups in total. The van der Waals surface area contributed by atoms with E-state index in [2.05, 4.69) is 15.5 Å². The van der Waals surface area contributed by atoms with Gasteiger partial charge in [0.25, 0.3) is 0 Å². The van der Waals surface area contributed by atoms with Gasteiger partial charge in [-0.05, 0) is 43.3 Å². The second-order valence-corrected chi connectivity index (χ2v) is 6.84. The Morgan fingerprint density at radius 2 is 1.74 bits per heavy atom. The molecule has 0 aliphatic carbocycles. The molecule has 0 fully saturated rings. The smallest absolute Gasteiger partial charge is 0.234 e. The van der Waals surface area contributed by atoms with E-state index in [0.29, 0.717) is 16.4 Å². The molecule has 3 rings (SSSR count). The summed E-state index contributed by atoms with van der Waals surface area (Å²) >= 11 is 1.34. The number of ketones is 1. The number of nitrogens with zero attached hydrogens (tertiary/aromatic N) is 3. The summed E-state index contributed by atoms with van der Waals surface area (Å²) in [6.45, 7) is 3.53.